The van der Waals surface area contributed by atoms with Gasteiger partial charge in [0.15, 0.2) is 0 Å². The van der Waals surface area contributed by atoms with Gasteiger partial charge in [0.1, 0.15) is 5.75 Å². The molecule has 0 amide bonds. The number of benzene rings is 2. The van der Waals surface area contributed by atoms with Gasteiger partial charge in [-0.05, 0) is 62.1 Å². The van der Waals surface area contributed by atoms with Crippen LogP contribution in [0, 0.1) is 0 Å². The average Bonchev–Trinajstić information content (AvgIpc) is 2.69. The standard InChI is InChI=1S/C31H44O3/c1-18(2)21-14-24(23(12-13-28(32)33)26(16-21)30(6,7)8)20(5)25-15-22(19(3)4)17-27(29(25)34)31(9,10)11/h12-20,34H,1-11H3,(H,32,33). The fourth-order valence-corrected chi connectivity index (χ4v) is 4.43. The second-order valence-corrected chi connectivity index (χ2v) is 12.3. The van der Waals surface area contributed by atoms with Gasteiger partial charge in [-0.25, -0.2) is 4.79 Å². The van der Waals surface area contributed by atoms with Gasteiger partial charge in [0, 0.05) is 17.6 Å². The Bertz CT molecular complexity index is 1070. The van der Waals surface area contributed by atoms with Gasteiger partial charge < -0.3 is 10.2 Å². The minimum Gasteiger partial charge on any atom is -0.507 e. The summed E-state index contributed by atoms with van der Waals surface area (Å²) in [6, 6.07) is 8.67. The third-order valence-electron chi connectivity index (χ3n) is 6.67. The molecule has 2 aromatic rings. The number of carboxylic acids is 1. The molecule has 0 fully saturated rings. The van der Waals surface area contributed by atoms with Crippen LogP contribution in [0.15, 0.2) is 30.3 Å². The van der Waals surface area contributed by atoms with Gasteiger partial charge in [0.25, 0.3) is 0 Å². The van der Waals surface area contributed by atoms with Crippen LogP contribution in [0.2, 0.25) is 0 Å². The summed E-state index contributed by atoms with van der Waals surface area (Å²) in [7, 11) is 0. The third kappa shape index (κ3) is 6.11. The first-order chi connectivity index (χ1) is 15.4. The van der Waals surface area contributed by atoms with Gasteiger partial charge in [0.2, 0.25) is 0 Å². The highest BCUT2D eigenvalue weighted by Gasteiger charge is 2.28. The van der Waals surface area contributed by atoms with E-state index in [-0.39, 0.29) is 16.7 Å². The molecule has 186 valence electrons. The molecule has 0 aliphatic heterocycles. The molecule has 0 bridgehead atoms. The summed E-state index contributed by atoms with van der Waals surface area (Å²) in [4.78, 5) is 11.5. The van der Waals surface area contributed by atoms with Gasteiger partial charge >= 0.3 is 5.97 Å². The van der Waals surface area contributed by atoms with Crippen molar-refractivity contribution >= 4 is 12.0 Å². The molecule has 0 aliphatic rings. The fraction of sp³-hybridized carbons (Fsp3) is 0.516. The van der Waals surface area contributed by atoms with E-state index in [2.05, 4.69) is 100 Å². The summed E-state index contributed by atoms with van der Waals surface area (Å²) in [5.41, 5.74) is 6.97. The van der Waals surface area contributed by atoms with Crippen molar-refractivity contribution in [3.8, 4) is 5.75 Å². The largest absolute Gasteiger partial charge is 0.507 e. The minimum absolute atomic E-state index is 0.118. The molecule has 0 aliphatic carbocycles. The van der Waals surface area contributed by atoms with Gasteiger partial charge in [-0.1, -0.05) is 100 Å². The maximum atomic E-state index is 11.5. The second kappa shape index (κ2) is 9.98. The Hall–Kier alpha value is -2.55. The first-order valence-corrected chi connectivity index (χ1v) is 12.4. The molecule has 3 nitrogen and oxygen atoms in total. The smallest absolute Gasteiger partial charge is 0.328 e. The van der Waals surface area contributed by atoms with E-state index in [1.807, 2.05) is 0 Å². The number of carbonyl (C=O) groups is 1. The molecule has 1 unspecified atom stereocenters. The predicted molar refractivity (Wildman–Crippen MR) is 144 cm³/mol. The Morgan fingerprint density at radius 1 is 0.765 bits per heavy atom. The fourth-order valence-electron chi connectivity index (χ4n) is 4.43. The Labute approximate surface area is 206 Å². The Morgan fingerprint density at radius 3 is 1.62 bits per heavy atom. The molecule has 0 saturated carbocycles. The molecule has 0 heterocycles. The van der Waals surface area contributed by atoms with Crippen molar-refractivity contribution in [2.75, 3.05) is 0 Å². The second-order valence-electron chi connectivity index (χ2n) is 12.3. The Kier molecular flexibility index (Phi) is 8.13. The number of phenolic OH excluding ortho intramolecular Hbond substituents is 1. The van der Waals surface area contributed by atoms with Gasteiger partial charge in [0.05, 0.1) is 0 Å². The van der Waals surface area contributed by atoms with E-state index in [0.717, 1.165) is 27.8 Å². The van der Waals surface area contributed by atoms with Crippen LogP contribution in [0.1, 0.15) is 133 Å². The summed E-state index contributed by atoms with van der Waals surface area (Å²) in [6.07, 6.45) is 2.95. The summed E-state index contributed by atoms with van der Waals surface area (Å²) in [5, 5.41) is 20.9. The maximum Gasteiger partial charge on any atom is 0.328 e. The molecular formula is C31H44O3. The molecule has 3 heteroatoms. The van der Waals surface area contributed by atoms with Crippen LogP contribution in [0.3, 0.4) is 0 Å². The lowest BCUT2D eigenvalue weighted by Crippen LogP contribution is -2.17. The highest BCUT2D eigenvalue weighted by molar-refractivity contribution is 5.86. The number of aromatic hydroxyl groups is 1. The summed E-state index contributed by atoms with van der Waals surface area (Å²) < 4.78 is 0. The lowest BCUT2D eigenvalue weighted by molar-refractivity contribution is -0.131. The minimum atomic E-state index is -0.967. The zero-order valence-electron chi connectivity index (χ0n) is 23.0. The summed E-state index contributed by atoms with van der Waals surface area (Å²) in [6.45, 7) is 23.7. The van der Waals surface area contributed by atoms with Crippen LogP contribution >= 0.6 is 0 Å². The molecule has 2 N–H and O–H groups in total. The van der Waals surface area contributed by atoms with Crippen molar-refractivity contribution in [2.45, 2.75) is 105 Å². The number of rotatable bonds is 6. The van der Waals surface area contributed by atoms with Crippen molar-refractivity contribution in [1.29, 1.82) is 0 Å². The van der Waals surface area contributed by atoms with Crippen LogP contribution in [0.4, 0.5) is 0 Å². The van der Waals surface area contributed by atoms with E-state index < -0.39 is 5.97 Å². The maximum absolute atomic E-state index is 11.5. The van der Waals surface area contributed by atoms with E-state index >= 15 is 0 Å². The van der Waals surface area contributed by atoms with Crippen LogP contribution in [-0.2, 0) is 15.6 Å². The van der Waals surface area contributed by atoms with E-state index in [4.69, 9.17) is 0 Å². The lowest BCUT2D eigenvalue weighted by atomic mass is 9.75. The van der Waals surface area contributed by atoms with E-state index in [1.165, 1.54) is 17.2 Å². The topological polar surface area (TPSA) is 57.5 Å². The predicted octanol–water partition coefficient (Wildman–Crippen LogP) is 8.48. The molecule has 0 radical (unpaired) electrons. The van der Waals surface area contributed by atoms with Gasteiger partial charge in [-0.2, -0.15) is 0 Å². The van der Waals surface area contributed by atoms with E-state index in [9.17, 15) is 15.0 Å². The van der Waals surface area contributed by atoms with Crippen LogP contribution in [0.5, 0.6) is 5.75 Å². The normalized spacial score (nSPS) is 13.8. The highest BCUT2D eigenvalue weighted by atomic mass is 16.4. The first kappa shape index (κ1) is 27.7. The van der Waals surface area contributed by atoms with Crippen LogP contribution in [0.25, 0.3) is 6.08 Å². The van der Waals surface area contributed by atoms with Crippen molar-refractivity contribution in [2.24, 2.45) is 0 Å². The molecule has 2 aromatic carbocycles. The van der Waals surface area contributed by atoms with Gasteiger partial charge in [-0.3, -0.25) is 0 Å². The molecule has 0 aromatic heterocycles. The number of carboxylic acid groups (broad SMARTS) is 1. The van der Waals surface area contributed by atoms with E-state index in [1.54, 1.807) is 6.08 Å². The van der Waals surface area contributed by atoms with Gasteiger partial charge in [-0.15, -0.1) is 0 Å². The zero-order chi connectivity index (χ0) is 26.2. The number of hydrogen-bond acceptors (Lipinski definition) is 2. The number of aliphatic carboxylic acids is 1. The third-order valence-corrected chi connectivity index (χ3v) is 6.67. The van der Waals surface area contributed by atoms with Crippen molar-refractivity contribution in [3.63, 3.8) is 0 Å². The van der Waals surface area contributed by atoms with Crippen molar-refractivity contribution in [3.05, 3.63) is 69.3 Å². The molecule has 0 saturated heterocycles. The van der Waals surface area contributed by atoms with Crippen molar-refractivity contribution < 1.29 is 15.0 Å². The molecule has 2 rings (SSSR count). The lowest BCUT2D eigenvalue weighted by Gasteiger charge is -2.30. The zero-order valence-corrected chi connectivity index (χ0v) is 23.0. The van der Waals surface area contributed by atoms with Crippen LogP contribution < -0.4 is 0 Å². The van der Waals surface area contributed by atoms with E-state index in [0.29, 0.717) is 17.6 Å². The monoisotopic (exact) mass is 464 g/mol. The molecule has 1 atom stereocenters. The summed E-state index contributed by atoms with van der Waals surface area (Å²) in [5.74, 6) is -0.0969. The molecule has 34 heavy (non-hydrogen) atoms. The van der Waals surface area contributed by atoms with Crippen molar-refractivity contribution in [1.82, 2.24) is 0 Å². The SMILES string of the molecule is CC(C)c1cc(C(C)c2cc(C(C)C)cc(C(C)(C)C)c2C=CC(=O)O)c(O)c(C(C)(C)C)c1. The number of hydrogen-bond donors (Lipinski definition) is 2. The first-order valence-electron chi connectivity index (χ1n) is 12.4. The number of phenols is 1. The summed E-state index contributed by atoms with van der Waals surface area (Å²) >= 11 is 0. The Balaban J connectivity index is 2.96. The molecular weight excluding hydrogens is 420 g/mol. The highest BCUT2D eigenvalue weighted by Crippen LogP contribution is 2.44. The molecule has 0 spiro atoms. The quantitative estimate of drug-likeness (QED) is 0.421. The average molecular weight is 465 g/mol. The van der Waals surface area contributed by atoms with Crippen LogP contribution in [-0.4, -0.2) is 16.2 Å². The Morgan fingerprint density at radius 2 is 1.21 bits per heavy atom.